The summed E-state index contributed by atoms with van der Waals surface area (Å²) in [6, 6.07) is 6.72. The number of amides is 1. The number of aliphatic hydroxyl groups excluding tert-OH is 1. The molecule has 2 fully saturated rings. The Hall–Kier alpha value is -1.61. The van der Waals surface area contributed by atoms with Crippen molar-refractivity contribution in [1.82, 2.24) is 4.90 Å². The first-order valence-electron chi connectivity index (χ1n) is 7.80. The second kappa shape index (κ2) is 5.64. The molecular formula is C18H23NO2. The number of carbonyl (C=O) groups excluding carboxylic acids is 1. The summed E-state index contributed by atoms with van der Waals surface area (Å²) in [5, 5.41) is 9.80. The first kappa shape index (κ1) is 14.3. The summed E-state index contributed by atoms with van der Waals surface area (Å²) >= 11 is 0. The Balaban J connectivity index is 1.73. The van der Waals surface area contributed by atoms with Gasteiger partial charge in [0.1, 0.15) is 0 Å². The molecule has 1 N–H and O–H groups in total. The van der Waals surface area contributed by atoms with Crippen molar-refractivity contribution in [3.8, 4) is 0 Å². The zero-order valence-corrected chi connectivity index (χ0v) is 12.7. The van der Waals surface area contributed by atoms with Crippen molar-refractivity contribution >= 4 is 12.0 Å². The fourth-order valence-corrected chi connectivity index (χ4v) is 3.77. The summed E-state index contributed by atoms with van der Waals surface area (Å²) in [7, 11) is 0. The lowest BCUT2D eigenvalue weighted by atomic mass is 9.99. The van der Waals surface area contributed by atoms with E-state index in [-0.39, 0.29) is 24.1 Å². The Morgan fingerprint density at radius 1 is 1.24 bits per heavy atom. The molecule has 3 rings (SSSR count). The summed E-state index contributed by atoms with van der Waals surface area (Å²) in [6.07, 6.45) is 6.92. The maximum absolute atomic E-state index is 12.5. The Bertz CT molecular complexity index is 565. The zero-order chi connectivity index (χ0) is 15.0. The normalized spacial score (nSPS) is 28.3. The third-order valence-corrected chi connectivity index (χ3v) is 4.79. The molecule has 1 amide bonds. The SMILES string of the molecule is Cc1ccc(C=CC(=O)N2C3CCC2CC(O)C3)c(C)c1. The molecule has 2 atom stereocenters. The van der Waals surface area contributed by atoms with Crippen LogP contribution in [-0.2, 0) is 4.79 Å². The van der Waals surface area contributed by atoms with Gasteiger partial charge in [0, 0.05) is 18.2 Å². The van der Waals surface area contributed by atoms with Crippen molar-refractivity contribution in [2.75, 3.05) is 0 Å². The van der Waals surface area contributed by atoms with E-state index in [1.54, 1.807) is 6.08 Å². The van der Waals surface area contributed by atoms with Gasteiger partial charge in [0.15, 0.2) is 0 Å². The van der Waals surface area contributed by atoms with Crippen LogP contribution in [0.1, 0.15) is 42.4 Å². The van der Waals surface area contributed by atoms with Crippen molar-refractivity contribution in [1.29, 1.82) is 0 Å². The van der Waals surface area contributed by atoms with E-state index in [9.17, 15) is 9.90 Å². The highest BCUT2D eigenvalue weighted by atomic mass is 16.3. The monoisotopic (exact) mass is 285 g/mol. The van der Waals surface area contributed by atoms with Gasteiger partial charge in [0.2, 0.25) is 5.91 Å². The first-order valence-corrected chi connectivity index (χ1v) is 7.80. The quantitative estimate of drug-likeness (QED) is 0.849. The number of piperidine rings is 1. The molecule has 3 heteroatoms. The molecule has 0 aromatic heterocycles. The van der Waals surface area contributed by atoms with Crippen LogP contribution in [-0.4, -0.2) is 34.1 Å². The molecule has 3 nitrogen and oxygen atoms in total. The van der Waals surface area contributed by atoms with Gasteiger partial charge in [0.25, 0.3) is 0 Å². The number of benzene rings is 1. The third-order valence-electron chi connectivity index (χ3n) is 4.79. The summed E-state index contributed by atoms with van der Waals surface area (Å²) in [5.74, 6) is 0.0920. The molecule has 0 radical (unpaired) electrons. The third kappa shape index (κ3) is 2.88. The second-order valence-corrected chi connectivity index (χ2v) is 6.45. The molecule has 2 bridgehead atoms. The number of nitrogens with zero attached hydrogens (tertiary/aromatic N) is 1. The molecule has 2 saturated heterocycles. The number of carbonyl (C=O) groups is 1. The summed E-state index contributed by atoms with van der Waals surface area (Å²) in [5.41, 5.74) is 3.52. The minimum atomic E-state index is -0.227. The van der Waals surface area contributed by atoms with E-state index in [4.69, 9.17) is 0 Å². The number of fused-ring (bicyclic) bond motifs is 2. The van der Waals surface area contributed by atoms with Gasteiger partial charge in [-0.25, -0.2) is 0 Å². The highest BCUT2D eigenvalue weighted by molar-refractivity contribution is 5.92. The van der Waals surface area contributed by atoms with Crippen molar-refractivity contribution in [2.45, 2.75) is 57.7 Å². The van der Waals surface area contributed by atoms with E-state index >= 15 is 0 Å². The van der Waals surface area contributed by atoms with Gasteiger partial charge in [0.05, 0.1) is 6.10 Å². The lowest BCUT2D eigenvalue weighted by Crippen LogP contribution is -2.47. The van der Waals surface area contributed by atoms with E-state index in [2.05, 4.69) is 32.0 Å². The van der Waals surface area contributed by atoms with E-state index in [1.807, 2.05) is 11.0 Å². The smallest absolute Gasteiger partial charge is 0.247 e. The zero-order valence-electron chi connectivity index (χ0n) is 12.7. The van der Waals surface area contributed by atoms with E-state index in [0.29, 0.717) is 0 Å². The molecule has 0 aliphatic carbocycles. The molecule has 0 saturated carbocycles. The van der Waals surface area contributed by atoms with Gasteiger partial charge in [-0.3, -0.25) is 4.79 Å². The van der Waals surface area contributed by atoms with Crippen LogP contribution in [0.5, 0.6) is 0 Å². The fourth-order valence-electron chi connectivity index (χ4n) is 3.77. The van der Waals surface area contributed by atoms with Crippen molar-refractivity contribution in [2.24, 2.45) is 0 Å². The Morgan fingerprint density at radius 2 is 1.90 bits per heavy atom. The molecule has 2 aliphatic heterocycles. The van der Waals surface area contributed by atoms with Crippen LogP contribution in [0.3, 0.4) is 0 Å². The first-order chi connectivity index (χ1) is 10.0. The predicted molar refractivity (Wildman–Crippen MR) is 83.8 cm³/mol. The van der Waals surface area contributed by atoms with Gasteiger partial charge < -0.3 is 10.0 Å². The lowest BCUT2D eigenvalue weighted by molar-refractivity contribution is -0.131. The largest absolute Gasteiger partial charge is 0.393 e. The van der Waals surface area contributed by atoms with Gasteiger partial charge in [-0.15, -0.1) is 0 Å². The molecule has 21 heavy (non-hydrogen) atoms. The molecule has 2 unspecified atom stereocenters. The van der Waals surface area contributed by atoms with Gasteiger partial charge in [-0.2, -0.15) is 0 Å². The van der Waals surface area contributed by atoms with E-state index < -0.39 is 0 Å². The molecule has 1 aromatic rings. The van der Waals surface area contributed by atoms with E-state index in [1.165, 1.54) is 11.1 Å². The van der Waals surface area contributed by atoms with Crippen molar-refractivity contribution in [3.05, 3.63) is 41.0 Å². The Kier molecular flexibility index (Phi) is 3.85. The van der Waals surface area contributed by atoms with Crippen LogP contribution >= 0.6 is 0 Å². The number of aryl methyl sites for hydroxylation is 2. The second-order valence-electron chi connectivity index (χ2n) is 6.45. The van der Waals surface area contributed by atoms with Crippen LogP contribution < -0.4 is 0 Å². The predicted octanol–water partition coefficient (Wildman–Crippen LogP) is 2.83. The van der Waals surface area contributed by atoms with Gasteiger partial charge in [-0.05, 0) is 56.7 Å². The number of hydrogen-bond donors (Lipinski definition) is 1. The highest BCUT2D eigenvalue weighted by Gasteiger charge is 2.41. The summed E-state index contributed by atoms with van der Waals surface area (Å²) in [6.45, 7) is 4.14. The summed E-state index contributed by atoms with van der Waals surface area (Å²) < 4.78 is 0. The van der Waals surface area contributed by atoms with Crippen molar-refractivity contribution in [3.63, 3.8) is 0 Å². The molecule has 2 aliphatic rings. The lowest BCUT2D eigenvalue weighted by Gasteiger charge is -2.36. The average Bonchev–Trinajstić information content (AvgIpc) is 2.70. The summed E-state index contributed by atoms with van der Waals surface area (Å²) in [4.78, 5) is 14.5. The number of hydrogen-bond acceptors (Lipinski definition) is 2. The average molecular weight is 285 g/mol. The van der Waals surface area contributed by atoms with Gasteiger partial charge >= 0.3 is 0 Å². The van der Waals surface area contributed by atoms with Gasteiger partial charge in [-0.1, -0.05) is 23.8 Å². The number of aliphatic hydroxyl groups is 1. The molecule has 112 valence electrons. The van der Waals surface area contributed by atoms with Crippen LogP contribution in [0, 0.1) is 13.8 Å². The van der Waals surface area contributed by atoms with Crippen LogP contribution in [0.4, 0.5) is 0 Å². The topological polar surface area (TPSA) is 40.5 Å². The number of rotatable bonds is 2. The van der Waals surface area contributed by atoms with Crippen LogP contribution in [0.25, 0.3) is 6.08 Å². The van der Waals surface area contributed by atoms with E-state index in [0.717, 1.165) is 31.2 Å². The van der Waals surface area contributed by atoms with Crippen molar-refractivity contribution < 1.29 is 9.90 Å². The van der Waals surface area contributed by atoms with Crippen LogP contribution in [0.2, 0.25) is 0 Å². The molecular weight excluding hydrogens is 262 g/mol. The minimum Gasteiger partial charge on any atom is -0.393 e. The molecule has 1 aromatic carbocycles. The maximum atomic E-state index is 12.5. The Morgan fingerprint density at radius 3 is 2.52 bits per heavy atom. The van der Waals surface area contributed by atoms with Crippen LogP contribution in [0.15, 0.2) is 24.3 Å². The minimum absolute atomic E-state index is 0.0920. The molecule has 0 spiro atoms. The fraction of sp³-hybridized carbons (Fsp3) is 0.500. The Labute approximate surface area is 126 Å². The molecule has 2 heterocycles. The maximum Gasteiger partial charge on any atom is 0.247 e. The standard InChI is InChI=1S/C18H23NO2/c1-12-3-4-14(13(2)9-12)5-8-18(21)19-15-6-7-16(19)11-17(20)10-15/h3-5,8-9,15-17,20H,6-7,10-11H2,1-2H3. The highest BCUT2D eigenvalue weighted by Crippen LogP contribution is 2.35.